The molecule has 9 heteroatoms. The Morgan fingerprint density at radius 2 is 1.96 bits per heavy atom. The highest BCUT2D eigenvalue weighted by Crippen LogP contribution is 2.18. The van der Waals surface area contributed by atoms with Crippen molar-refractivity contribution in [2.45, 2.75) is 11.3 Å². The van der Waals surface area contributed by atoms with Crippen LogP contribution in [0.2, 0.25) is 0 Å². The molecule has 2 N–H and O–H groups in total. The molecule has 0 unspecified atom stereocenters. The molecule has 1 aromatic carbocycles. The molecule has 8 nitrogen and oxygen atoms in total. The van der Waals surface area contributed by atoms with Crippen LogP contribution in [-0.2, 0) is 19.6 Å². The number of carbonyl (C=O) groups is 2. The van der Waals surface area contributed by atoms with Crippen LogP contribution < -0.4 is 5.32 Å². The van der Waals surface area contributed by atoms with Crippen molar-refractivity contribution in [3.05, 3.63) is 29.8 Å². The van der Waals surface area contributed by atoms with Crippen LogP contribution in [0.1, 0.15) is 16.8 Å². The molecule has 0 saturated carbocycles. The lowest BCUT2D eigenvalue weighted by Crippen LogP contribution is -2.40. The number of carboxylic acids is 1. The van der Waals surface area contributed by atoms with E-state index in [9.17, 15) is 18.0 Å². The number of morpholine rings is 1. The Morgan fingerprint density at radius 1 is 1.26 bits per heavy atom. The van der Waals surface area contributed by atoms with E-state index in [1.807, 2.05) is 0 Å². The van der Waals surface area contributed by atoms with Gasteiger partial charge in [-0.15, -0.1) is 0 Å². The van der Waals surface area contributed by atoms with Gasteiger partial charge >= 0.3 is 5.97 Å². The SMILES string of the molecule is O=C(O)CCNC(=O)c1cccc(S(=O)(=O)N2CCOCC2)c1. The van der Waals surface area contributed by atoms with Crippen molar-refractivity contribution < 1.29 is 27.9 Å². The van der Waals surface area contributed by atoms with E-state index in [1.165, 1.54) is 28.6 Å². The van der Waals surface area contributed by atoms with E-state index in [4.69, 9.17) is 9.84 Å². The maximum atomic E-state index is 12.5. The van der Waals surface area contributed by atoms with E-state index in [0.717, 1.165) is 0 Å². The standard InChI is InChI=1S/C14H18N2O6S/c17-13(18)4-5-15-14(19)11-2-1-3-12(10-11)23(20,21)16-6-8-22-9-7-16/h1-3,10H,4-9H2,(H,15,19)(H,17,18). The molecule has 0 aliphatic carbocycles. The summed E-state index contributed by atoms with van der Waals surface area (Å²) < 4.78 is 31.5. The van der Waals surface area contributed by atoms with E-state index in [1.54, 1.807) is 0 Å². The molecule has 0 aromatic heterocycles. The Bertz CT molecular complexity index is 682. The largest absolute Gasteiger partial charge is 0.481 e. The number of nitrogens with one attached hydrogen (secondary N) is 1. The molecule has 126 valence electrons. The Morgan fingerprint density at radius 3 is 2.61 bits per heavy atom. The van der Waals surface area contributed by atoms with Crippen molar-refractivity contribution in [3.8, 4) is 0 Å². The van der Waals surface area contributed by atoms with E-state index < -0.39 is 21.9 Å². The zero-order valence-electron chi connectivity index (χ0n) is 12.4. The molecule has 1 amide bonds. The van der Waals surface area contributed by atoms with Gasteiger partial charge in [0.25, 0.3) is 5.91 Å². The molecule has 1 aliphatic heterocycles. The van der Waals surface area contributed by atoms with Crippen molar-refractivity contribution in [1.82, 2.24) is 9.62 Å². The summed E-state index contributed by atoms with van der Waals surface area (Å²) in [7, 11) is -3.67. The van der Waals surface area contributed by atoms with Crippen LogP contribution in [0, 0.1) is 0 Å². The van der Waals surface area contributed by atoms with Crippen molar-refractivity contribution in [2.75, 3.05) is 32.8 Å². The summed E-state index contributed by atoms with van der Waals surface area (Å²) in [4.78, 5) is 22.4. The van der Waals surface area contributed by atoms with Gasteiger partial charge < -0.3 is 15.2 Å². The summed E-state index contributed by atoms with van der Waals surface area (Å²) in [6, 6.07) is 5.69. The summed E-state index contributed by atoms with van der Waals surface area (Å²) in [6.45, 7) is 1.21. The van der Waals surface area contributed by atoms with Gasteiger partial charge in [0.1, 0.15) is 0 Å². The fourth-order valence-corrected chi connectivity index (χ4v) is 3.57. The van der Waals surface area contributed by atoms with E-state index >= 15 is 0 Å². The second-order valence-electron chi connectivity index (χ2n) is 4.94. The second-order valence-corrected chi connectivity index (χ2v) is 6.88. The molecular formula is C14H18N2O6S. The predicted octanol–water partition coefficient (Wildman–Crippen LogP) is -0.0880. The number of sulfonamides is 1. The first-order valence-corrected chi connectivity index (χ1v) is 8.53. The summed E-state index contributed by atoms with van der Waals surface area (Å²) >= 11 is 0. The molecule has 1 heterocycles. The molecule has 0 radical (unpaired) electrons. The van der Waals surface area contributed by atoms with Gasteiger partial charge in [0.2, 0.25) is 10.0 Å². The normalized spacial score (nSPS) is 16.0. The quantitative estimate of drug-likeness (QED) is 0.747. The molecular weight excluding hydrogens is 324 g/mol. The van der Waals surface area contributed by atoms with Crippen molar-refractivity contribution >= 4 is 21.9 Å². The summed E-state index contributed by atoms with van der Waals surface area (Å²) in [5, 5.41) is 11.0. The molecule has 2 rings (SSSR count). The highest BCUT2D eigenvalue weighted by molar-refractivity contribution is 7.89. The maximum absolute atomic E-state index is 12.5. The van der Waals surface area contributed by atoms with E-state index in [-0.39, 0.29) is 36.5 Å². The molecule has 0 spiro atoms. The third-order valence-corrected chi connectivity index (χ3v) is 5.22. The number of rotatable bonds is 6. The highest BCUT2D eigenvalue weighted by Gasteiger charge is 2.26. The first-order valence-electron chi connectivity index (χ1n) is 7.09. The number of carbonyl (C=O) groups excluding carboxylic acids is 1. The van der Waals surface area contributed by atoms with Crippen LogP contribution in [0.3, 0.4) is 0 Å². The molecule has 1 aromatic rings. The molecule has 23 heavy (non-hydrogen) atoms. The molecule has 0 bridgehead atoms. The first kappa shape index (κ1) is 17.4. The lowest BCUT2D eigenvalue weighted by atomic mass is 10.2. The zero-order valence-corrected chi connectivity index (χ0v) is 13.2. The molecule has 0 atom stereocenters. The van der Waals surface area contributed by atoms with Crippen LogP contribution in [0.5, 0.6) is 0 Å². The maximum Gasteiger partial charge on any atom is 0.305 e. The number of benzene rings is 1. The Balaban J connectivity index is 2.12. The Hall–Kier alpha value is -1.97. The van der Waals surface area contributed by atoms with Gasteiger partial charge in [-0.05, 0) is 18.2 Å². The number of nitrogens with zero attached hydrogens (tertiary/aromatic N) is 1. The summed E-state index contributed by atoms with van der Waals surface area (Å²) in [5.41, 5.74) is 0.171. The van der Waals surface area contributed by atoms with Crippen LogP contribution in [0.15, 0.2) is 29.2 Å². The van der Waals surface area contributed by atoms with Gasteiger partial charge in [0.15, 0.2) is 0 Å². The lowest BCUT2D eigenvalue weighted by molar-refractivity contribution is -0.136. The fourth-order valence-electron chi connectivity index (χ4n) is 2.12. The van der Waals surface area contributed by atoms with Crippen molar-refractivity contribution in [1.29, 1.82) is 0 Å². The number of amides is 1. The third kappa shape index (κ3) is 4.50. The number of hydrogen-bond acceptors (Lipinski definition) is 5. The Labute approximate surface area is 134 Å². The van der Waals surface area contributed by atoms with Gasteiger partial charge in [-0.2, -0.15) is 4.31 Å². The molecule has 1 aliphatic rings. The average molecular weight is 342 g/mol. The molecule has 1 fully saturated rings. The fraction of sp³-hybridized carbons (Fsp3) is 0.429. The van der Waals surface area contributed by atoms with Gasteiger partial charge in [-0.25, -0.2) is 8.42 Å². The minimum absolute atomic E-state index is 0.0192. The number of aliphatic carboxylic acids is 1. The topological polar surface area (TPSA) is 113 Å². The first-order chi connectivity index (χ1) is 10.9. The van der Waals surface area contributed by atoms with Crippen LogP contribution in [0.25, 0.3) is 0 Å². The van der Waals surface area contributed by atoms with Crippen molar-refractivity contribution in [2.24, 2.45) is 0 Å². The summed E-state index contributed by atoms with van der Waals surface area (Å²) in [5.74, 6) is -1.53. The van der Waals surface area contributed by atoms with Crippen LogP contribution >= 0.6 is 0 Å². The van der Waals surface area contributed by atoms with Gasteiger partial charge in [-0.3, -0.25) is 9.59 Å². The van der Waals surface area contributed by atoms with E-state index in [0.29, 0.717) is 13.2 Å². The van der Waals surface area contributed by atoms with Crippen molar-refractivity contribution in [3.63, 3.8) is 0 Å². The minimum Gasteiger partial charge on any atom is -0.481 e. The van der Waals surface area contributed by atoms with E-state index in [2.05, 4.69) is 5.32 Å². The number of carboxylic acid groups (broad SMARTS) is 1. The zero-order chi connectivity index (χ0) is 16.9. The van der Waals surface area contributed by atoms with Gasteiger partial charge in [0, 0.05) is 25.2 Å². The monoisotopic (exact) mass is 342 g/mol. The lowest BCUT2D eigenvalue weighted by Gasteiger charge is -2.26. The second kappa shape index (κ2) is 7.53. The third-order valence-electron chi connectivity index (χ3n) is 3.33. The smallest absolute Gasteiger partial charge is 0.305 e. The van der Waals surface area contributed by atoms with Crippen LogP contribution in [-0.4, -0.2) is 62.6 Å². The Kier molecular flexibility index (Phi) is 5.69. The minimum atomic E-state index is -3.67. The summed E-state index contributed by atoms with van der Waals surface area (Å²) in [6.07, 6.45) is -0.197. The van der Waals surface area contributed by atoms with Gasteiger partial charge in [0.05, 0.1) is 24.5 Å². The average Bonchev–Trinajstić information content (AvgIpc) is 2.55. The van der Waals surface area contributed by atoms with Crippen LogP contribution in [0.4, 0.5) is 0 Å². The molecule has 1 saturated heterocycles. The van der Waals surface area contributed by atoms with Gasteiger partial charge in [-0.1, -0.05) is 6.07 Å². The highest BCUT2D eigenvalue weighted by atomic mass is 32.2. The predicted molar refractivity (Wildman–Crippen MR) is 80.6 cm³/mol. The number of hydrogen-bond donors (Lipinski definition) is 2. The number of ether oxygens (including phenoxy) is 1.